The van der Waals surface area contributed by atoms with Crippen molar-refractivity contribution in [2.24, 2.45) is 5.92 Å². The van der Waals surface area contributed by atoms with Crippen molar-refractivity contribution in [2.45, 2.75) is 85.1 Å². The van der Waals surface area contributed by atoms with E-state index in [0.717, 1.165) is 12.8 Å². The lowest BCUT2D eigenvalue weighted by Crippen LogP contribution is -2.39. The zero-order valence-electron chi connectivity index (χ0n) is 15.2. The highest BCUT2D eigenvalue weighted by atomic mass is 16.3. The number of hydrogen-bond acceptors (Lipinski definition) is 3. The van der Waals surface area contributed by atoms with Crippen molar-refractivity contribution < 1.29 is 14.7 Å². The van der Waals surface area contributed by atoms with E-state index in [1.807, 2.05) is 13.8 Å². The molecule has 23 heavy (non-hydrogen) atoms. The van der Waals surface area contributed by atoms with E-state index in [2.05, 4.69) is 6.92 Å². The number of ketones is 1. The molecule has 0 radical (unpaired) electrons. The zero-order valence-corrected chi connectivity index (χ0v) is 15.2. The first-order valence-electron chi connectivity index (χ1n) is 9.16. The fourth-order valence-electron chi connectivity index (χ4n) is 3.32. The monoisotopic (exact) mass is 323 g/mol. The third kappa shape index (κ3) is 5.36. The standard InChI is InChI=1S/C19H33NO3/c1-5-6-7-8-9-10-11-12-13-20-17(14(2)3)18(22)16(15(4)21)19(20)23/h14,17,21H,5-13H2,1-4H3/b16-15+/t17-/m0/s1. The van der Waals surface area contributed by atoms with Gasteiger partial charge in [0.25, 0.3) is 5.91 Å². The van der Waals surface area contributed by atoms with Crippen molar-refractivity contribution in [2.75, 3.05) is 6.54 Å². The summed E-state index contributed by atoms with van der Waals surface area (Å²) in [6.07, 6.45) is 9.64. The summed E-state index contributed by atoms with van der Waals surface area (Å²) < 4.78 is 0. The molecule has 1 heterocycles. The third-order valence-electron chi connectivity index (χ3n) is 4.57. The van der Waals surface area contributed by atoms with Crippen molar-refractivity contribution in [3.63, 3.8) is 0 Å². The molecule has 1 fully saturated rings. The van der Waals surface area contributed by atoms with Crippen molar-refractivity contribution in [3.05, 3.63) is 11.3 Å². The summed E-state index contributed by atoms with van der Waals surface area (Å²) in [7, 11) is 0. The quantitative estimate of drug-likeness (QED) is 0.281. The van der Waals surface area contributed by atoms with E-state index in [1.54, 1.807) is 4.90 Å². The van der Waals surface area contributed by atoms with E-state index in [-0.39, 0.29) is 28.9 Å². The van der Waals surface area contributed by atoms with Gasteiger partial charge in [-0.1, -0.05) is 65.7 Å². The lowest BCUT2D eigenvalue weighted by molar-refractivity contribution is -0.128. The lowest BCUT2D eigenvalue weighted by Gasteiger charge is -2.25. The van der Waals surface area contributed by atoms with Crippen LogP contribution in [0, 0.1) is 5.92 Å². The van der Waals surface area contributed by atoms with E-state index in [0.29, 0.717) is 6.54 Å². The van der Waals surface area contributed by atoms with Crippen LogP contribution in [0.1, 0.15) is 79.1 Å². The summed E-state index contributed by atoms with van der Waals surface area (Å²) in [5.41, 5.74) is -0.0109. The van der Waals surface area contributed by atoms with Gasteiger partial charge in [-0.25, -0.2) is 0 Å². The molecule has 0 spiro atoms. The minimum atomic E-state index is -0.413. The van der Waals surface area contributed by atoms with Crippen LogP contribution < -0.4 is 0 Å². The van der Waals surface area contributed by atoms with Gasteiger partial charge in [0.05, 0.1) is 6.04 Å². The van der Waals surface area contributed by atoms with Gasteiger partial charge in [-0.05, 0) is 19.3 Å². The second kappa shape index (κ2) is 9.74. The number of Topliss-reactive ketones (excluding diaryl/α,β-unsaturated/α-hetero) is 1. The molecule has 1 aliphatic heterocycles. The van der Waals surface area contributed by atoms with E-state index >= 15 is 0 Å². The van der Waals surface area contributed by atoms with Gasteiger partial charge < -0.3 is 10.0 Å². The molecule has 0 aromatic carbocycles. The predicted molar refractivity (Wildman–Crippen MR) is 93.3 cm³/mol. The molecule has 0 aromatic rings. The van der Waals surface area contributed by atoms with Gasteiger partial charge in [-0.2, -0.15) is 0 Å². The van der Waals surface area contributed by atoms with E-state index in [9.17, 15) is 14.7 Å². The SMILES string of the molecule is CCCCCCCCCCN1C(=O)/C(=C(\C)O)C(=O)[C@@H]1C(C)C. The molecular formula is C19H33NO3. The largest absolute Gasteiger partial charge is 0.512 e. The number of unbranched alkanes of at least 4 members (excludes halogenated alkanes) is 7. The molecule has 1 rings (SSSR count). The fourth-order valence-corrected chi connectivity index (χ4v) is 3.32. The minimum Gasteiger partial charge on any atom is -0.512 e. The van der Waals surface area contributed by atoms with Crippen LogP contribution >= 0.6 is 0 Å². The smallest absolute Gasteiger partial charge is 0.261 e. The second-order valence-electron chi connectivity index (χ2n) is 6.99. The molecule has 0 aromatic heterocycles. The molecular weight excluding hydrogens is 290 g/mol. The minimum absolute atomic E-state index is 0.0109. The average molecular weight is 323 g/mol. The Kier molecular flexibility index (Phi) is 8.35. The van der Waals surface area contributed by atoms with E-state index in [1.165, 1.54) is 45.4 Å². The van der Waals surface area contributed by atoms with E-state index < -0.39 is 6.04 Å². The Morgan fingerprint density at radius 3 is 2.04 bits per heavy atom. The Morgan fingerprint density at radius 1 is 1.04 bits per heavy atom. The number of nitrogens with zero attached hydrogens (tertiary/aromatic N) is 1. The molecule has 1 atom stereocenters. The fraction of sp³-hybridized carbons (Fsp3) is 0.789. The molecule has 1 N–H and O–H groups in total. The average Bonchev–Trinajstić information content (AvgIpc) is 2.72. The van der Waals surface area contributed by atoms with Crippen molar-refractivity contribution >= 4 is 11.7 Å². The normalized spacial score (nSPS) is 20.7. The Hall–Kier alpha value is -1.32. The maximum Gasteiger partial charge on any atom is 0.261 e. The first kappa shape index (κ1) is 19.7. The van der Waals surface area contributed by atoms with Crippen LogP contribution in [0.2, 0.25) is 0 Å². The summed E-state index contributed by atoms with van der Waals surface area (Å²) in [5.74, 6) is -0.595. The van der Waals surface area contributed by atoms with E-state index in [4.69, 9.17) is 0 Å². The van der Waals surface area contributed by atoms with Gasteiger partial charge in [-0.15, -0.1) is 0 Å². The number of aliphatic hydroxyl groups excluding tert-OH is 1. The summed E-state index contributed by atoms with van der Waals surface area (Å²) in [6, 6.07) is -0.413. The molecule has 4 nitrogen and oxygen atoms in total. The van der Waals surface area contributed by atoms with Gasteiger partial charge in [0, 0.05) is 6.54 Å². The maximum absolute atomic E-state index is 12.4. The van der Waals surface area contributed by atoms with Crippen LogP contribution in [0.4, 0.5) is 0 Å². The molecule has 0 aliphatic carbocycles. The lowest BCUT2D eigenvalue weighted by atomic mass is 9.98. The Balaban J connectivity index is 2.46. The van der Waals surface area contributed by atoms with Gasteiger partial charge >= 0.3 is 0 Å². The van der Waals surface area contributed by atoms with Crippen LogP contribution in [0.3, 0.4) is 0 Å². The van der Waals surface area contributed by atoms with Gasteiger partial charge in [0.1, 0.15) is 11.3 Å². The Labute approximate surface area is 140 Å². The summed E-state index contributed by atoms with van der Waals surface area (Å²) in [6.45, 7) is 8.15. The second-order valence-corrected chi connectivity index (χ2v) is 6.99. The summed E-state index contributed by atoms with van der Waals surface area (Å²) in [5, 5.41) is 9.63. The molecule has 1 saturated heterocycles. The summed E-state index contributed by atoms with van der Waals surface area (Å²) in [4.78, 5) is 26.4. The molecule has 1 amide bonds. The highest BCUT2D eigenvalue weighted by molar-refractivity contribution is 6.26. The molecule has 0 unspecified atom stereocenters. The third-order valence-corrected chi connectivity index (χ3v) is 4.57. The number of allylic oxidation sites excluding steroid dienone is 1. The van der Waals surface area contributed by atoms with Crippen molar-refractivity contribution in [3.8, 4) is 0 Å². The van der Waals surface area contributed by atoms with Crippen LogP contribution in [-0.2, 0) is 9.59 Å². The topological polar surface area (TPSA) is 57.6 Å². The first-order valence-corrected chi connectivity index (χ1v) is 9.16. The Morgan fingerprint density at radius 2 is 1.57 bits per heavy atom. The molecule has 0 bridgehead atoms. The van der Waals surface area contributed by atoms with Gasteiger partial charge in [0.2, 0.25) is 0 Å². The molecule has 0 saturated carbocycles. The maximum atomic E-state index is 12.4. The molecule has 132 valence electrons. The number of carbonyl (C=O) groups is 2. The number of aliphatic hydroxyl groups is 1. The number of hydrogen-bond donors (Lipinski definition) is 1. The number of likely N-dealkylation sites (tertiary alicyclic amines) is 1. The van der Waals surface area contributed by atoms with Gasteiger partial charge in [0.15, 0.2) is 5.78 Å². The van der Waals surface area contributed by atoms with Gasteiger partial charge in [-0.3, -0.25) is 9.59 Å². The van der Waals surface area contributed by atoms with Crippen molar-refractivity contribution in [1.29, 1.82) is 0 Å². The summed E-state index contributed by atoms with van der Waals surface area (Å²) >= 11 is 0. The van der Waals surface area contributed by atoms with Crippen LogP contribution in [0.15, 0.2) is 11.3 Å². The van der Waals surface area contributed by atoms with Crippen LogP contribution in [-0.4, -0.2) is 34.3 Å². The molecule has 4 heteroatoms. The number of carbonyl (C=O) groups excluding carboxylic acids is 2. The first-order chi connectivity index (χ1) is 10.9. The highest BCUT2D eigenvalue weighted by Gasteiger charge is 2.45. The zero-order chi connectivity index (χ0) is 17.4. The predicted octanol–water partition coefficient (Wildman–Crippen LogP) is 4.40. The van der Waals surface area contributed by atoms with Crippen LogP contribution in [0.5, 0.6) is 0 Å². The molecule has 1 aliphatic rings. The number of rotatable bonds is 10. The highest BCUT2D eigenvalue weighted by Crippen LogP contribution is 2.28. The van der Waals surface area contributed by atoms with Crippen LogP contribution in [0.25, 0.3) is 0 Å². The Bertz CT molecular complexity index is 436. The number of amides is 1. The van der Waals surface area contributed by atoms with Crippen molar-refractivity contribution in [1.82, 2.24) is 4.90 Å².